The molecule has 9 heteroatoms. The summed E-state index contributed by atoms with van der Waals surface area (Å²) in [5.74, 6) is 3.60. The summed E-state index contributed by atoms with van der Waals surface area (Å²) in [5.41, 5.74) is 17.2. The molecule has 5 heterocycles. The van der Waals surface area contributed by atoms with E-state index in [1.165, 1.54) is 10.8 Å². The van der Waals surface area contributed by atoms with Crippen LogP contribution >= 0.6 is 0 Å². The molecule has 9 nitrogen and oxygen atoms in total. The average Bonchev–Trinajstić information content (AvgIpc) is 3.01. The van der Waals surface area contributed by atoms with Crippen LogP contribution in [0.1, 0.15) is 0 Å². The van der Waals surface area contributed by atoms with E-state index < -0.39 is 0 Å². The molecule has 406 valence electrons. The van der Waals surface area contributed by atoms with Gasteiger partial charge in [0.1, 0.15) is 0 Å². The topological polar surface area (TPSA) is 92.1 Å². The highest BCUT2D eigenvalue weighted by atomic mass is 15.1. The van der Waals surface area contributed by atoms with Gasteiger partial charge in [-0.25, -0.2) is 29.9 Å². The van der Waals surface area contributed by atoms with Gasteiger partial charge in [-0.2, -0.15) is 0 Å². The van der Waals surface area contributed by atoms with Crippen LogP contribution in [0.5, 0.6) is 0 Å². The van der Waals surface area contributed by atoms with Crippen LogP contribution < -0.4 is 0 Å². The molecule has 17 rings (SSSR count). The molecule has 87 heavy (non-hydrogen) atoms. The maximum Gasteiger partial charge on any atom is 0.166 e. The van der Waals surface area contributed by atoms with Gasteiger partial charge in [0.15, 0.2) is 34.9 Å². The zero-order valence-corrected chi connectivity index (χ0v) is 46.8. The molecule has 0 atom stereocenters. The van der Waals surface area contributed by atoms with E-state index in [0.29, 0.717) is 34.9 Å². The van der Waals surface area contributed by atoms with Crippen molar-refractivity contribution in [1.82, 2.24) is 43.6 Å². The number of rotatable bonds is 10. The highest BCUT2D eigenvalue weighted by Crippen LogP contribution is 2.43. The molecule has 0 bridgehead atoms. The number of benzene rings is 12. The second kappa shape index (κ2) is 20.4. The fraction of sp³-hybridized carbons (Fsp3) is 0. The van der Waals surface area contributed by atoms with Crippen molar-refractivity contribution < 1.29 is 0 Å². The van der Waals surface area contributed by atoms with Crippen LogP contribution in [0, 0.1) is 0 Å². The van der Waals surface area contributed by atoms with E-state index in [1.807, 2.05) is 78.9 Å². The minimum Gasteiger partial charge on any atom is -0.309 e. The fourth-order valence-corrected chi connectivity index (χ4v) is 12.8. The summed E-state index contributed by atoms with van der Waals surface area (Å²) in [5, 5.41) is 6.90. The predicted octanol–water partition coefficient (Wildman–Crippen LogP) is 19.0. The Balaban J connectivity index is 0.808. The van der Waals surface area contributed by atoms with Crippen LogP contribution in [0.4, 0.5) is 0 Å². The maximum absolute atomic E-state index is 5.40. The first-order valence-corrected chi connectivity index (χ1v) is 29.2. The number of para-hydroxylation sites is 6. The third-order valence-electron chi connectivity index (χ3n) is 16.7. The van der Waals surface area contributed by atoms with Crippen molar-refractivity contribution in [3.8, 4) is 96.5 Å². The smallest absolute Gasteiger partial charge is 0.166 e. The van der Waals surface area contributed by atoms with Gasteiger partial charge in [-0.1, -0.05) is 212 Å². The largest absolute Gasteiger partial charge is 0.309 e. The molecule has 0 aliphatic heterocycles. The Morgan fingerprint density at radius 3 is 1.14 bits per heavy atom. The van der Waals surface area contributed by atoms with Crippen molar-refractivity contribution in [2.24, 2.45) is 0 Å². The van der Waals surface area contributed by atoms with Crippen molar-refractivity contribution in [2.75, 3.05) is 0 Å². The van der Waals surface area contributed by atoms with Crippen molar-refractivity contribution in [1.29, 1.82) is 0 Å². The van der Waals surface area contributed by atoms with Gasteiger partial charge in [0, 0.05) is 77.1 Å². The summed E-state index contributed by atoms with van der Waals surface area (Å²) in [7, 11) is 0. The van der Waals surface area contributed by atoms with Crippen molar-refractivity contribution >= 4 is 65.4 Å². The molecule has 0 spiro atoms. The predicted molar refractivity (Wildman–Crippen MR) is 354 cm³/mol. The van der Waals surface area contributed by atoms with Gasteiger partial charge in [0.25, 0.3) is 0 Å². The SMILES string of the molecule is c1ccc(-c2nc(-c3cccc(-n4c5ccccc5c5ccccc54)c3)nc(-c3ccccc3-n3c4ccccc4c4cc(-c5ccc6c(c5)c5cccc(-c7nc(-c8ccccc8)nc(-c8ccccc8)n7)c5n6-c5ccccc5)ccc43)n2)cc1. The minimum atomic E-state index is 0.578. The number of aromatic nitrogens is 9. The third-order valence-corrected chi connectivity index (χ3v) is 16.7. The number of fused-ring (bicyclic) bond motifs is 9. The molecule has 0 unspecified atom stereocenters. The van der Waals surface area contributed by atoms with E-state index in [2.05, 4.69) is 232 Å². The van der Waals surface area contributed by atoms with Crippen LogP contribution in [-0.2, 0) is 0 Å². The first-order chi connectivity index (χ1) is 43.1. The van der Waals surface area contributed by atoms with Gasteiger partial charge < -0.3 is 13.7 Å². The zero-order valence-electron chi connectivity index (χ0n) is 46.8. The van der Waals surface area contributed by atoms with Crippen LogP contribution in [0.25, 0.3) is 162 Å². The van der Waals surface area contributed by atoms with E-state index in [-0.39, 0.29) is 0 Å². The van der Waals surface area contributed by atoms with Crippen molar-refractivity contribution in [3.05, 3.63) is 297 Å². The fourth-order valence-electron chi connectivity index (χ4n) is 12.8. The number of nitrogens with zero attached hydrogens (tertiary/aromatic N) is 9. The van der Waals surface area contributed by atoms with Gasteiger partial charge in [-0.05, 0) is 96.1 Å². The molecular formula is C78H49N9. The molecule has 0 saturated heterocycles. The Morgan fingerprint density at radius 2 is 0.563 bits per heavy atom. The standard InChI is InChI=1S/C78H49N9/c1-5-23-50(24-6-1)73-79-74(51-25-7-2-8-26-51)83-78(82-73)63-38-22-37-61-65-49-54(43-45-70(65)86(72(61)63)56-30-11-4-12-31-56)53-44-46-71-64(48-53)60-35-15-19-41-68(60)87(71)69-42-20-16-36-62(69)77-81-75(52-27-9-3-10-28-52)80-76(84-77)55-29-21-32-57(47-55)85-66-39-17-13-33-58(66)59-34-14-18-40-67(59)85/h1-49H. The minimum absolute atomic E-state index is 0.578. The molecule has 0 N–H and O–H groups in total. The first-order valence-electron chi connectivity index (χ1n) is 29.2. The normalized spacial score (nSPS) is 11.7. The highest BCUT2D eigenvalue weighted by molar-refractivity contribution is 6.16. The van der Waals surface area contributed by atoms with E-state index in [1.54, 1.807) is 0 Å². The summed E-state index contributed by atoms with van der Waals surface area (Å²) in [6, 6.07) is 104. The number of hydrogen-bond donors (Lipinski definition) is 0. The molecule has 12 aromatic carbocycles. The van der Waals surface area contributed by atoms with Gasteiger partial charge in [-0.15, -0.1) is 0 Å². The molecular weight excluding hydrogens is 1060 g/mol. The Labute approximate surface area is 500 Å². The van der Waals surface area contributed by atoms with Gasteiger partial charge in [0.2, 0.25) is 0 Å². The number of hydrogen-bond acceptors (Lipinski definition) is 6. The molecule has 0 aliphatic rings. The van der Waals surface area contributed by atoms with Crippen molar-refractivity contribution in [3.63, 3.8) is 0 Å². The summed E-state index contributed by atoms with van der Waals surface area (Å²) in [6.45, 7) is 0. The van der Waals surface area contributed by atoms with Crippen molar-refractivity contribution in [2.45, 2.75) is 0 Å². The maximum atomic E-state index is 5.40. The second-order valence-electron chi connectivity index (χ2n) is 21.8. The lowest BCUT2D eigenvalue weighted by Gasteiger charge is -2.15. The molecule has 0 radical (unpaired) electrons. The van der Waals surface area contributed by atoms with Gasteiger partial charge in [0.05, 0.1) is 38.8 Å². The van der Waals surface area contributed by atoms with Gasteiger partial charge >= 0.3 is 0 Å². The highest BCUT2D eigenvalue weighted by Gasteiger charge is 2.24. The summed E-state index contributed by atoms with van der Waals surface area (Å²) in [4.78, 5) is 31.4. The summed E-state index contributed by atoms with van der Waals surface area (Å²) < 4.78 is 7.05. The second-order valence-corrected chi connectivity index (χ2v) is 21.8. The molecule has 17 aromatic rings. The molecule has 0 amide bonds. The lowest BCUT2D eigenvalue weighted by molar-refractivity contribution is 1.06. The lowest BCUT2D eigenvalue weighted by atomic mass is 10.00. The first kappa shape index (κ1) is 49.7. The lowest BCUT2D eigenvalue weighted by Crippen LogP contribution is -2.04. The van der Waals surface area contributed by atoms with Crippen LogP contribution in [0.3, 0.4) is 0 Å². The third kappa shape index (κ3) is 8.39. The zero-order chi connectivity index (χ0) is 57.4. The molecule has 0 aliphatic carbocycles. The quantitative estimate of drug-likeness (QED) is 0.135. The summed E-state index contributed by atoms with van der Waals surface area (Å²) in [6.07, 6.45) is 0. The Hall–Kier alpha value is -11.9. The van der Waals surface area contributed by atoms with Crippen LogP contribution in [-0.4, -0.2) is 43.6 Å². The van der Waals surface area contributed by atoms with E-state index in [9.17, 15) is 0 Å². The molecule has 5 aromatic heterocycles. The monoisotopic (exact) mass is 1110 g/mol. The Morgan fingerprint density at radius 1 is 0.195 bits per heavy atom. The summed E-state index contributed by atoms with van der Waals surface area (Å²) >= 11 is 0. The van der Waals surface area contributed by atoms with E-state index in [0.717, 1.165) is 116 Å². The van der Waals surface area contributed by atoms with Gasteiger partial charge in [-0.3, -0.25) is 0 Å². The Bertz CT molecular complexity index is 5410. The molecule has 0 saturated carbocycles. The van der Waals surface area contributed by atoms with Crippen LogP contribution in [0.2, 0.25) is 0 Å². The van der Waals surface area contributed by atoms with E-state index in [4.69, 9.17) is 29.9 Å². The van der Waals surface area contributed by atoms with E-state index >= 15 is 0 Å². The Kier molecular flexibility index (Phi) is 11.7. The van der Waals surface area contributed by atoms with Crippen LogP contribution in [0.15, 0.2) is 297 Å². The molecule has 0 fully saturated rings. The average molecular weight is 1110 g/mol.